The molecule has 6 unspecified atom stereocenters. The fourth-order valence-corrected chi connectivity index (χ4v) is 20.7. The maximum atomic E-state index is 2.78. The molecule has 6 spiro atoms. The van der Waals surface area contributed by atoms with Gasteiger partial charge in [-0.2, -0.15) is 0 Å². The Bertz CT molecular complexity index is 2110. The Morgan fingerprint density at radius 3 is 0.944 bits per heavy atom. The Balaban J connectivity index is 0.000000154. The number of rotatable bonds is 6. The van der Waals surface area contributed by atoms with Crippen molar-refractivity contribution in [3.05, 3.63) is 0 Å². The van der Waals surface area contributed by atoms with E-state index in [1.807, 2.05) is 0 Å². The van der Waals surface area contributed by atoms with Crippen LogP contribution in [-0.4, -0.2) is 284 Å². The molecule has 12 heteroatoms. The molecule has 0 N–H and O–H groups in total. The lowest BCUT2D eigenvalue weighted by Gasteiger charge is -2.36. The first-order valence-corrected chi connectivity index (χ1v) is 39.4. The van der Waals surface area contributed by atoms with Gasteiger partial charge in [0, 0.05) is 117 Å². The number of hydrogen-bond acceptors (Lipinski definition) is 6. The van der Waals surface area contributed by atoms with Gasteiger partial charge >= 0.3 is 0 Å². The van der Waals surface area contributed by atoms with E-state index in [2.05, 4.69) is 196 Å². The highest BCUT2D eigenvalue weighted by Gasteiger charge is 2.54. The highest BCUT2D eigenvalue weighted by atomic mass is 15.6. The lowest BCUT2D eigenvalue weighted by Crippen LogP contribution is -2.51. The Morgan fingerprint density at radius 2 is 0.611 bits per heavy atom. The zero-order chi connectivity index (χ0) is 66.6. The van der Waals surface area contributed by atoms with Crippen LogP contribution >= 0.6 is 0 Å². The number of quaternary nitrogens is 6. The molecule has 12 fully saturated rings. The molecule has 12 rings (SSSR count). The average molecular weight is 1270 g/mol. The molecule has 0 aliphatic carbocycles. The molecular formula is C78H162N12+6. The standard InChI is InChI=1S/2C14H29N2.2C13H27N2.2C12H25N2/c1-5-8-13-11-16(9-6-7-10-16)12-15(13)14(2,3)4;1-5-8-13-11-15(14(2,3)4)12-16(13)9-6-7-10-16;1-5-12-10-15(8-6-7-9-15)11-14(12)13(2,3)4;1-5-12-10-14(13(2,3)4)11-15(12)8-6-7-9-15;1-11-9-14(7-5-6-8-14)10-13(11)12(2,3)4;1-11-9-13(12(2,3)4)10-14(11)7-5-6-8-14/h2*13H,5-12H2,1-4H3;2*12H,5-11H2,1-4H3;2*11H,5-10H2,1-4H3/q6*+1. The van der Waals surface area contributed by atoms with E-state index in [0.29, 0.717) is 33.2 Å². The van der Waals surface area contributed by atoms with Gasteiger partial charge in [-0.05, 0) is 158 Å². The molecule has 90 heavy (non-hydrogen) atoms. The van der Waals surface area contributed by atoms with Crippen molar-refractivity contribution in [1.82, 2.24) is 29.4 Å². The third-order valence-electron chi connectivity index (χ3n) is 26.3. The molecule has 528 valence electrons. The van der Waals surface area contributed by atoms with Gasteiger partial charge in [0.1, 0.15) is 58.1 Å². The fourth-order valence-electron chi connectivity index (χ4n) is 20.7. The molecule has 12 aliphatic rings. The van der Waals surface area contributed by atoms with Crippen molar-refractivity contribution in [2.75, 3.05) is 158 Å². The van der Waals surface area contributed by atoms with Crippen molar-refractivity contribution < 1.29 is 26.9 Å². The second kappa shape index (κ2) is 30.3. The quantitative estimate of drug-likeness (QED) is 0.245. The van der Waals surface area contributed by atoms with Crippen LogP contribution < -0.4 is 0 Å². The third kappa shape index (κ3) is 18.8. The zero-order valence-corrected chi connectivity index (χ0v) is 65.5. The van der Waals surface area contributed by atoms with Gasteiger partial charge in [-0.25, -0.2) is 29.4 Å². The second-order valence-electron chi connectivity index (χ2n) is 39.3. The maximum Gasteiger partial charge on any atom is 0.136 e. The van der Waals surface area contributed by atoms with Crippen molar-refractivity contribution in [3.63, 3.8) is 0 Å². The summed E-state index contributed by atoms with van der Waals surface area (Å²) in [6.07, 6.45) is 25.6. The highest BCUT2D eigenvalue weighted by Crippen LogP contribution is 2.40. The van der Waals surface area contributed by atoms with Crippen LogP contribution in [0.25, 0.3) is 0 Å². The summed E-state index contributed by atoms with van der Waals surface area (Å²) >= 11 is 0. The maximum absolute atomic E-state index is 2.78. The summed E-state index contributed by atoms with van der Waals surface area (Å²) in [5.74, 6) is 0. The third-order valence-corrected chi connectivity index (χ3v) is 26.3. The summed E-state index contributed by atoms with van der Waals surface area (Å²) < 4.78 is 8.41. The van der Waals surface area contributed by atoms with E-state index in [1.54, 1.807) is 0 Å². The SMILES string of the molecule is CC1CN(C(C)(C)C)C[N+]12CCCC2.CC1C[N+]2(CCCC2)CN1C(C)(C)C.CCC1CN(C(C)(C)C)C[N+]12CCCC2.CCC1C[N+]2(CCCC2)CN1C(C)(C)C.CCCC1CN(C(C)(C)C)C[N+]12CCCC2.CCCC1C[N+]2(CCCC2)CN1C(C)(C)C. The lowest BCUT2D eigenvalue weighted by molar-refractivity contribution is -0.932. The minimum Gasteiger partial charge on any atom is -0.310 e. The van der Waals surface area contributed by atoms with Gasteiger partial charge in [0.05, 0.1) is 136 Å². The molecule has 0 aromatic rings. The lowest BCUT2D eigenvalue weighted by atomic mass is 10.0. The Hall–Kier alpha value is -0.480. The highest BCUT2D eigenvalue weighted by molar-refractivity contribution is 4.90. The van der Waals surface area contributed by atoms with Crippen molar-refractivity contribution in [2.24, 2.45) is 0 Å². The van der Waals surface area contributed by atoms with E-state index < -0.39 is 0 Å². The van der Waals surface area contributed by atoms with E-state index in [4.69, 9.17) is 0 Å². The monoisotopic (exact) mass is 1270 g/mol. The molecule has 12 heterocycles. The first kappa shape index (κ1) is 76.9. The van der Waals surface area contributed by atoms with Gasteiger partial charge in [-0.15, -0.1) is 0 Å². The normalized spacial score (nSPS) is 31.6. The summed E-state index contributed by atoms with van der Waals surface area (Å²) in [6, 6.07) is 5.12. The average Bonchev–Trinajstić information content (AvgIpc) is 1.77. The van der Waals surface area contributed by atoms with Crippen LogP contribution in [0.4, 0.5) is 0 Å². The molecule has 0 aromatic heterocycles. The molecule has 0 radical (unpaired) electrons. The van der Waals surface area contributed by atoms with Crippen molar-refractivity contribution >= 4 is 0 Å². The van der Waals surface area contributed by atoms with Crippen molar-refractivity contribution in [3.8, 4) is 0 Å². The first-order valence-electron chi connectivity index (χ1n) is 39.4. The van der Waals surface area contributed by atoms with E-state index >= 15 is 0 Å². The molecule has 0 aromatic carbocycles. The molecule has 0 amide bonds. The zero-order valence-electron chi connectivity index (χ0n) is 65.5. The summed E-state index contributed by atoms with van der Waals surface area (Å²) in [7, 11) is 0. The van der Waals surface area contributed by atoms with Crippen LogP contribution in [0.15, 0.2) is 0 Å². The molecular weight excluding hydrogens is 1100 g/mol. The minimum atomic E-state index is 0.351. The smallest absolute Gasteiger partial charge is 0.136 e. The topological polar surface area (TPSA) is 19.4 Å². The van der Waals surface area contributed by atoms with Gasteiger partial charge in [0.25, 0.3) is 0 Å². The number of nitrogens with zero attached hydrogens (tertiary/aromatic N) is 12. The fraction of sp³-hybridized carbons (Fsp3) is 1.00. The molecule has 12 nitrogen and oxygen atoms in total. The van der Waals surface area contributed by atoms with Crippen LogP contribution in [0.5, 0.6) is 0 Å². The summed E-state index contributed by atoms with van der Waals surface area (Å²) in [6.45, 7) is 89.9. The number of hydrogen-bond donors (Lipinski definition) is 0. The summed E-state index contributed by atoms with van der Waals surface area (Å²) in [5, 5.41) is 0. The Labute approximate surface area is 562 Å². The Kier molecular flexibility index (Phi) is 25.9. The Morgan fingerprint density at radius 1 is 0.300 bits per heavy atom. The van der Waals surface area contributed by atoms with Crippen molar-refractivity contribution in [1.29, 1.82) is 0 Å². The van der Waals surface area contributed by atoms with Crippen LogP contribution in [-0.2, 0) is 0 Å². The van der Waals surface area contributed by atoms with Crippen LogP contribution in [0.1, 0.15) is 282 Å². The van der Waals surface area contributed by atoms with Gasteiger partial charge < -0.3 is 26.9 Å². The van der Waals surface area contributed by atoms with E-state index in [1.165, 1.54) is 300 Å². The predicted molar refractivity (Wildman–Crippen MR) is 388 cm³/mol. The van der Waals surface area contributed by atoms with Gasteiger partial charge in [0.15, 0.2) is 0 Å². The summed E-state index contributed by atoms with van der Waals surface area (Å²) in [5.41, 5.74) is 2.13. The first-order chi connectivity index (χ1) is 41.8. The van der Waals surface area contributed by atoms with Gasteiger partial charge in [-0.3, -0.25) is 0 Å². The van der Waals surface area contributed by atoms with Crippen molar-refractivity contribution in [2.45, 2.75) is 351 Å². The van der Waals surface area contributed by atoms with Crippen LogP contribution in [0.2, 0.25) is 0 Å². The van der Waals surface area contributed by atoms with E-state index in [-0.39, 0.29) is 0 Å². The van der Waals surface area contributed by atoms with E-state index in [9.17, 15) is 0 Å². The van der Waals surface area contributed by atoms with E-state index in [0.717, 1.165) is 36.3 Å². The minimum absolute atomic E-state index is 0.351. The van der Waals surface area contributed by atoms with Crippen LogP contribution in [0.3, 0.4) is 0 Å². The summed E-state index contributed by atoms with van der Waals surface area (Å²) in [4.78, 5) is 16.3. The second-order valence-corrected chi connectivity index (χ2v) is 39.3. The van der Waals surface area contributed by atoms with Crippen LogP contribution in [0, 0.1) is 0 Å². The van der Waals surface area contributed by atoms with Gasteiger partial charge in [-0.1, -0.05) is 40.5 Å². The van der Waals surface area contributed by atoms with Gasteiger partial charge in [0.2, 0.25) is 0 Å². The largest absolute Gasteiger partial charge is 0.310 e. The molecule has 12 aliphatic heterocycles. The molecule has 0 bridgehead atoms. The molecule has 12 saturated heterocycles. The molecule has 6 atom stereocenters. The predicted octanol–water partition coefficient (Wildman–Crippen LogP) is 14.7. The molecule has 0 saturated carbocycles.